The van der Waals surface area contributed by atoms with Crippen LogP contribution in [-0.4, -0.2) is 42.9 Å². The van der Waals surface area contributed by atoms with Crippen LogP contribution >= 0.6 is 11.6 Å². The lowest BCUT2D eigenvalue weighted by Gasteiger charge is -2.36. The van der Waals surface area contributed by atoms with Crippen LogP contribution in [0.2, 0.25) is 5.02 Å². The zero-order valence-corrected chi connectivity index (χ0v) is 16.0. The first-order valence-corrected chi connectivity index (χ1v) is 9.21. The van der Waals surface area contributed by atoms with Gasteiger partial charge in [0.05, 0.1) is 6.04 Å². The van der Waals surface area contributed by atoms with Gasteiger partial charge in [-0.3, -0.25) is 9.59 Å². The molecule has 2 N–H and O–H groups in total. The Bertz CT molecular complexity index is 613. The van der Waals surface area contributed by atoms with Crippen LogP contribution in [0.25, 0.3) is 0 Å². The highest BCUT2D eigenvalue weighted by atomic mass is 35.5. The highest BCUT2D eigenvalue weighted by Crippen LogP contribution is 2.25. The summed E-state index contributed by atoms with van der Waals surface area (Å²) in [4.78, 5) is 26.4. The summed E-state index contributed by atoms with van der Waals surface area (Å²) in [6, 6.07) is 7.68. The molecule has 0 spiro atoms. The molecule has 1 atom stereocenters. The molecule has 0 aliphatic carbocycles. The summed E-state index contributed by atoms with van der Waals surface area (Å²) < 4.78 is 0. The van der Waals surface area contributed by atoms with Gasteiger partial charge in [-0.05, 0) is 24.1 Å². The molecule has 0 radical (unpaired) electrons. The number of benzene rings is 1. The summed E-state index contributed by atoms with van der Waals surface area (Å²) in [5.74, 6) is 0.135. The fourth-order valence-corrected chi connectivity index (χ4v) is 3.06. The van der Waals surface area contributed by atoms with Crippen LogP contribution in [0.3, 0.4) is 0 Å². The number of halogens is 1. The number of carbonyl (C=O) groups is 2. The minimum atomic E-state index is -0.403. The highest BCUT2D eigenvalue weighted by molar-refractivity contribution is 6.30. The first-order valence-electron chi connectivity index (χ1n) is 8.83. The fraction of sp³-hybridized carbons (Fsp3) is 0.579. The zero-order chi connectivity index (χ0) is 18.4. The first kappa shape index (κ1) is 19.7. The second-order valence-corrected chi connectivity index (χ2v) is 7.91. The molecule has 0 aromatic heterocycles. The molecule has 2 amide bonds. The van der Waals surface area contributed by atoms with Gasteiger partial charge in [0.15, 0.2) is 0 Å². The molecule has 6 heteroatoms. The molecule has 1 aliphatic heterocycles. The van der Waals surface area contributed by atoms with Crippen LogP contribution in [0.4, 0.5) is 0 Å². The molecule has 1 saturated heterocycles. The average Bonchev–Trinajstić information content (AvgIpc) is 2.57. The van der Waals surface area contributed by atoms with E-state index in [4.69, 9.17) is 11.6 Å². The molecule has 1 heterocycles. The van der Waals surface area contributed by atoms with Crippen molar-refractivity contribution in [2.75, 3.05) is 26.2 Å². The number of hydrogen-bond acceptors (Lipinski definition) is 3. The second-order valence-electron chi connectivity index (χ2n) is 7.47. The molecule has 138 valence electrons. The Morgan fingerprint density at radius 3 is 2.80 bits per heavy atom. The van der Waals surface area contributed by atoms with Gasteiger partial charge in [0.1, 0.15) is 0 Å². The summed E-state index contributed by atoms with van der Waals surface area (Å²) >= 11 is 6.10. The molecule has 5 nitrogen and oxygen atoms in total. The molecule has 1 unspecified atom stereocenters. The van der Waals surface area contributed by atoms with Crippen molar-refractivity contribution in [2.45, 2.75) is 39.7 Å². The van der Waals surface area contributed by atoms with Gasteiger partial charge in [-0.25, -0.2) is 0 Å². The predicted octanol–water partition coefficient (Wildman–Crippen LogP) is 2.76. The first-order chi connectivity index (χ1) is 11.8. The lowest BCUT2D eigenvalue weighted by Crippen LogP contribution is -2.48. The Morgan fingerprint density at radius 2 is 2.12 bits per heavy atom. The maximum Gasteiger partial charge on any atom is 0.225 e. The van der Waals surface area contributed by atoms with Gasteiger partial charge in [-0.15, -0.1) is 0 Å². The molecule has 25 heavy (non-hydrogen) atoms. The predicted molar refractivity (Wildman–Crippen MR) is 100 cm³/mol. The number of carbonyl (C=O) groups excluding carboxylic acids is 2. The van der Waals surface area contributed by atoms with E-state index < -0.39 is 5.41 Å². The molecule has 1 aliphatic rings. The zero-order valence-electron chi connectivity index (χ0n) is 15.3. The van der Waals surface area contributed by atoms with Crippen LogP contribution in [0, 0.1) is 5.41 Å². The van der Waals surface area contributed by atoms with Crippen molar-refractivity contribution >= 4 is 23.4 Å². The standard InChI is InChI=1S/C19H28ClN3O2/c1-19(2,3)18(25)22-9-5-8-17(24)23-11-10-21-13-16(23)14-6-4-7-15(20)12-14/h4,6-7,12,16,21H,5,8-11,13H2,1-3H3,(H,22,25). The van der Waals surface area contributed by atoms with Gasteiger partial charge < -0.3 is 15.5 Å². The maximum absolute atomic E-state index is 12.7. The van der Waals surface area contributed by atoms with E-state index in [2.05, 4.69) is 10.6 Å². The Morgan fingerprint density at radius 1 is 1.36 bits per heavy atom. The molecule has 0 saturated carbocycles. The van der Waals surface area contributed by atoms with Gasteiger partial charge in [0, 0.05) is 43.0 Å². The number of piperazine rings is 1. The lowest BCUT2D eigenvalue weighted by atomic mass is 9.96. The van der Waals surface area contributed by atoms with E-state index in [-0.39, 0.29) is 17.9 Å². The number of hydrogen-bond donors (Lipinski definition) is 2. The lowest BCUT2D eigenvalue weighted by molar-refractivity contribution is -0.135. The van der Waals surface area contributed by atoms with Gasteiger partial charge in [-0.2, -0.15) is 0 Å². The van der Waals surface area contributed by atoms with Crippen molar-refractivity contribution in [3.8, 4) is 0 Å². The Hall–Kier alpha value is -1.59. The summed E-state index contributed by atoms with van der Waals surface area (Å²) in [7, 11) is 0. The van der Waals surface area contributed by atoms with E-state index in [1.165, 1.54) is 0 Å². The summed E-state index contributed by atoms with van der Waals surface area (Å²) in [5.41, 5.74) is 0.648. The average molecular weight is 366 g/mol. The fourth-order valence-electron chi connectivity index (χ4n) is 2.86. The largest absolute Gasteiger partial charge is 0.356 e. The SMILES string of the molecule is CC(C)(C)C(=O)NCCCC(=O)N1CCNCC1c1cccc(Cl)c1. The molecular weight excluding hydrogens is 338 g/mol. The highest BCUT2D eigenvalue weighted by Gasteiger charge is 2.27. The topological polar surface area (TPSA) is 61.4 Å². The number of amides is 2. The minimum Gasteiger partial charge on any atom is -0.356 e. The van der Waals surface area contributed by atoms with Gasteiger partial charge >= 0.3 is 0 Å². The quantitative estimate of drug-likeness (QED) is 0.789. The number of nitrogens with zero attached hydrogens (tertiary/aromatic N) is 1. The summed E-state index contributed by atoms with van der Waals surface area (Å²) in [5, 5.41) is 6.92. The third-order valence-electron chi connectivity index (χ3n) is 4.33. The second kappa shape index (κ2) is 8.68. The summed E-state index contributed by atoms with van der Waals surface area (Å²) in [6.07, 6.45) is 1.08. The van der Waals surface area contributed by atoms with Crippen LogP contribution < -0.4 is 10.6 Å². The maximum atomic E-state index is 12.7. The molecule has 1 aromatic rings. The van der Waals surface area contributed by atoms with Gasteiger partial charge in [0.2, 0.25) is 11.8 Å². The molecule has 2 rings (SSSR count). The van der Waals surface area contributed by atoms with E-state index in [1.807, 2.05) is 49.9 Å². The minimum absolute atomic E-state index is 0.00381. The smallest absolute Gasteiger partial charge is 0.225 e. The third kappa shape index (κ3) is 5.72. The molecule has 1 fully saturated rings. The van der Waals surface area contributed by atoms with E-state index >= 15 is 0 Å². The van der Waals surface area contributed by atoms with Crippen molar-refractivity contribution < 1.29 is 9.59 Å². The van der Waals surface area contributed by atoms with E-state index in [0.29, 0.717) is 31.0 Å². The van der Waals surface area contributed by atoms with E-state index in [1.54, 1.807) is 0 Å². The number of nitrogens with one attached hydrogen (secondary N) is 2. The third-order valence-corrected chi connectivity index (χ3v) is 4.57. The van der Waals surface area contributed by atoms with Crippen molar-refractivity contribution in [3.05, 3.63) is 34.9 Å². The Labute approximate surface area is 155 Å². The Kier molecular flexibility index (Phi) is 6.85. The van der Waals surface area contributed by atoms with E-state index in [0.717, 1.165) is 18.7 Å². The molecule has 0 bridgehead atoms. The number of rotatable bonds is 5. The van der Waals surface area contributed by atoms with Crippen molar-refractivity contribution in [2.24, 2.45) is 5.41 Å². The van der Waals surface area contributed by atoms with Crippen LogP contribution in [0.15, 0.2) is 24.3 Å². The molecular formula is C19H28ClN3O2. The van der Waals surface area contributed by atoms with Crippen LogP contribution in [0.5, 0.6) is 0 Å². The molecule has 1 aromatic carbocycles. The van der Waals surface area contributed by atoms with E-state index in [9.17, 15) is 9.59 Å². The monoisotopic (exact) mass is 365 g/mol. The van der Waals surface area contributed by atoms with Crippen molar-refractivity contribution in [1.29, 1.82) is 0 Å². The normalized spacial score (nSPS) is 18.1. The van der Waals surface area contributed by atoms with Gasteiger partial charge in [0.25, 0.3) is 0 Å². The van der Waals surface area contributed by atoms with Crippen LogP contribution in [0.1, 0.15) is 45.2 Å². The van der Waals surface area contributed by atoms with Crippen molar-refractivity contribution in [3.63, 3.8) is 0 Å². The Balaban J connectivity index is 1.89. The van der Waals surface area contributed by atoms with Crippen LogP contribution in [-0.2, 0) is 9.59 Å². The summed E-state index contributed by atoms with van der Waals surface area (Å²) in [6.45, 7) is 8.37. The van der Waals surface area contributed by atoms with Gasteiger partial charge in [-0.1, -0.05) is 44.5 Å². The van der Waals surface area contributed by atoms with Crippen molar-refractivity contribution in [1.82, 2.24) is 15.5 Å².